The minimum atomic E-state index is -0.446. The largest absolute Gasteiger partial charge is 0.389 e. The zero-order valence-electron chi connectivity index (χ0n) is 12.4. The Labute approximate surface area is 116 Å². The first-order chi connectivity index (χ1) is 8.99. The first-order valence-corrected chi connectivity index (χ1v) is 7.12. The maximum atomic E-state index is 9.58. The Morgan fingerprint density at radius 1 is 1.16 bits per heavy atom. The highest BCUT2D eigenvalue weighted by Crippen LogP contribution is 2.22. The van der Waals surface area contributed by atoms with Crippen LogP contribution in [0.15, 0.2) is 12.3 Å². The molecule has 1 aliphatic rings. The third-order valence-electron chi connectivity index (χ3n) is 3.90. The number of pyridine rings is 1. The fourth-order valence-corrected chi connectivity index (χ4v) is 2.60. The van der Waals surface area contributed by atoms with Crippen molar-refractivity contribution in [2.75, 3.05) is 31.1 Å². The van der Waals surface area contributed by atoms with Gasteiger partial charge in [-0.25, -0.2) is 4.98 Å². The van der Waals surface area contributed by atoms with Crippen molar-refractivity contribution < 1.29 is 5.11 Å². The van der Waals surface area contributed by atoms with Gasteiger partial charge in [0.1, 0.15) is 5.82 Å². The summed E-state index contributed by atoms with van der Waals surface area (Å²) >= 11 is 0. The van der Waals surface area contributed by atoms with E-state index in [1.54, 1.807) is 13.1 Å². The molecule has 2 heterocycles. The third-order valence-corrected chi connectivity index (χ3v) is 3.90. The predicted molar refractivity (Wildman–Crippen MR) is 78.5 cm³/mol. The molecule has 1 N–H and O–H groups in total. The lowest BCUT2D eigenvalue weighted by Gasteiger charge is -2.38. The zero-order valence-corrected chi connectivity index (χ0v) is 12.4. The van der Waals surface area contributed by atoms with Crippen LogP contribution in [0.5, 0.6) is 0 Å². The molecule has 1 fully saturated rings. The molecule has 4 heteroatoms. The average molecular weight is 263 g/mol. The van der Waals surface area contributed by atoms with Crippen molar-refractivity contribution in [1.82, 2.24) is 9.88 Å². The lowest BCUT2D eigenvalue weighted by atomic mass is 10.1. The van der Waals surface area contributed by atoms with Crippen LogP contribution in [-0.4, -0.2) is 47.2 Å². The van der Waals surface area contributed by atoms with Crippen molar-refractivity contribution in [1.29, 1.82) is 0 Å². The van der Waals surface area contributed by atoms with Crippen molar-refractivity contribution in [3.63, 3.8) is 0 Å². The van der Waals surface area contributed by atoms with Crippen LogP contribution in [0.3, 0.4) is 0 Å². The van der Waals surface area contributed by atoms with E-state index in [0.29, 0.717) is 6.04 Å². The average Bonchev–Trinajstić information content (AvgIpc) is 2.38. The minimum absolute atomic E-state index is 0.446. The molecule has 0 aliphatic carbocycles. The molecular formula is C15H25N3O. The molecule has 0 saturated carbocycles. The van der Waals surface area contributed by atoms with Gasteiger partial charge in [-0.2, -0.15) is 0 Å². The Kier molecular flexibility index (Phi) is 4.42. The number of nitrogens with zero attached hydrogens (tertiary/aromatic N) is 3. The van der Waals surface area contributed by atoms with E-state index >= 15 is 0 Å². The van der Waals surface area contributed by atoms with E-state index in [1.165, 1.54) is 0 Å². The van der Waals surface area contributed by atoms with Crippen molar-refractivity contribution in [3.8, 4) is 0 Å². The van der Waals surface area contributed by atoms with Crippen LogP contribution in [-0.2, 0) is 0 Å². The number of rotatable bonds is 3. The van der Waals surface area contributed by atoms with Crippen LogP contribution in [0, 0.1) is 6.92 Å². The smallest absolute Gasteiger partial charge is 0.131 e. The number of hydrogen-bond acceptors (Lipinski definition) is 4. The van der Waals surface area contributed by atoms with Crippen molar-refractivity contribution in [2.45, 2.75) is 39.8 Å². The molecule has 1 saturated heterocycles. The van der Waals surface area contributed by atoms with Crippen molar-refractivity contribution >= 4 is 5.82 Å². The number of aliphatic hydroxyl groups excluding tert-OH is 1. The summed E-state index contributed by atoms with van der Waals surface area (Å²) in [6.07, 6.45) is 1.35. The van der Waals surface area contributed by atoms with Gasteiger partial charge in [-0.3, -0.25) is 4.90 Å². The van der Waals surface area contributed by atoms with Crippen LogP contribution in [0.2, 0.25) is 0 Å². The van der Waals surface area contributed by atoms with Gasteiger partial charge in [0.2, 0.25) is 0 Å². The zero-order chi connectivity index (χ0) is 14.0. The summed E-state index contributed by atoms with van der Waals surface area (Å²) in [4.78, 5) is 9.38. The second-order valence-corrected chi connectivity index (χ2v) is 5.70. The second kappa shape index (κ2) is 5.88. The molecular weight excluding hydrogens is 238 g/mol. The molecule has 0 radical (unpaired) electrons. The molecule has 0 bridgehead atoms. The Morgan fingerprint density at radius 3 is 2.26 bits per heavy atom. The monoisotopic (exact) mass is 263 g/mol. The highest BCUT2D eigenvalue weighted by Gasteiger charge is 2.21. The summed E-state index contributed by atoms with van der Waals surface area (Å²) in [5.41, 5.74) is 2.04. The predicted octanol–water partition coefficient (Wildman–Crippen LogP) is 1.97. The lowest BCUT2D eigenvalue weighted by molar-refractivity contribution is 0.198. The van der Waals surface area contributed by atoms with Gasteiger partial charge in [-0.15, -0.1) is 0 Å². The van der Waals surface area contributed by atoms with Crippen molar-refractivity contribution in [2.24, 2.45) is 0 Å². The Hall–Kier alpha value is -1.13. The highest BCUT2D eigenvalue weighted by molar-refractivity contribution is 5.48. The number of aryl methyl sites for hydroxylation is 1. The molecule has 1 atom stereocenters. The summed E-state index contributed by atoms with van der Waals surface area (Å²) in [7, 11) is 0. The van der Waals surface area contributed by atoms with Gasteiger partial charge in [0.25, 0.3) is 0 Å². The molecule has 0 amide bonds. The Morgan fingerprint density at radius 2 is 1.79 bits per heavy atom. The molecule has 1 aromatic rings. The molecule has 106 valence electrons. The van der Waals surface area contributed by atoms with Gasteiger partial charge in [0.15, 0.2) is 0 Å². The van der Waals surface area contributed by atoms with Crippen LogP contribution < -0.4 is 4.90 Å². The number of hydrogen-bond donors (Lipinski definition) is 1. The summed E-state index contributed by atoms with van der Waals surface area (Å²) in [6.45, 7) is 12.6. The van der Waals surface area contributed by atoms with E-state index in [1.807, 2.05) is 6.07 Å². The normalized spacial score (nSPS) is 18.9. The topological polar surface area (TPSA) is 39.6 Å². The second-order valence-electron chi connectivity index (χ2n) is 5.70. The molecule has 0 spiro atoms. The summed E-state index contributed by atoms with van der Waals surface area (Å²) in [5.74, 6) is 1.06. The molecule has 0 aromatic carbocycles. The Balaban J connectivity index is 2.07. The number of anilines is 1. The fourth-order valence-electron chi connectivity index (χ4n) is 2.60. The van der Waals surface area contributed by atoms with Crippen LogP contribution in [0.4, 0.5) is 5.82 Å². The van der Waals surface area contributed by atoms with Crippen LogP contribution >= 0.6 is 0 Å². The fraction of sp³-hybridized carbons (Fsp3) is 0.667. The van der Waals surface area contributed by atoms with Gasteiger partial charge < -0.3 is 10.0 Å². The molecule has 19 heavy (non-hydrogen) atoms. The minimum Gasteiger partial charge on any atom is -0.389 e. The molecule has 0 unspecified atom stereocenters. The Bertz CT molecular complexity index is 423. The van der Waals surface area contributed by atoms with Crippen LogP contribution in [0.25, 0.3) is 0 Å². The maximum Gasteiger partial charge on any atom is 0.131 e. The highest BCUT2D eigenvalue weighted by atomic mass is 16.3. The van der Waals surface area contributed by atoms with Gasteiger partial charge in [-0.05, 0) is 44.9 Å². The molecule has 1 aromatic heterocycles. The summed E-state index contributed by atoms with van der Waals surface area (Å²) in [5, 5.41) is 9.58. The van der Waals surface area contributed by atoms with E-state index < -0.39 is 6.10 Å². The molecule has 4 nitrogen and oxygen atoms in total. The molecule has 2 rings (SSSR count). The lowest BCUT2D eigenvalue weighted by Crippen LogP contribution is -2.49. The van der Waals surface area contributed by atoms with E-state index in [-0.39, 0.29) is 0 Å². The first-order valence-electron chi connectivity index (χ1n) is 7.12. The number of aliphatic hydroxyl groups is 1. The standard InChI is InChI=1S/C15H25N3O/c1-11(2)17-5-7-18(8-6-17)15-12(3)9-14(10-16-15)13(4)19/h9-11,13,19H,5-8H2,1-4H3/t13-/m1/s1. The van der Waals surface area contributed by atoms with Crippen LogP contribution in [0.1, 0.15) is 38.0 Å². The van der Waals surface area contributed by atoms with Gasteiger partial charge in [0.05, 0.1) is 6.10 Å². The van der Waals surface area contributed by atoms with Gasteiger partial charge in [0, 0.05) is 38.4 Å². The molecule has 1 aliphatic heterocycles. The summed E-state index contributed by atoms with van der Waals surface area (Å²) < 4.78 is 0. The quantitative estimate of drug-likeness (QED) is 0.905. The number of piperazine rings is 1. The maximum absolute atomic E-state index is 9.58. The van der Waals surface area contributed by atoms with Gasteiger partial charge in [-0.1, -0.05) is 0 Å². The SMILES string of the molecule is Cc1cc([C@@H](C)O)cnc1N1CCN(C(C)C)CC1. The van der Waals surface area contributed by atoms with Crippen molar-refractivity contribution in [3.05, 3.63) is 23.4 Å². The van der Waals surface area contributed by atoms with E-state index in [2.05, 4.69) is 35.6 Å². The summed E-state index contributed by atoms with van der Waals surface area (Å²) in [6, 6.07) is 2.66. The van der Waals surface area contributed by atoms with Gasteiger partial charge >= 0.3 is 0 Å². The number of aromatic nitrogens is 1. The van der Waals surface area contributed by atoms with E-state index in [4.69, 9.17) is 0 Å². The van der Waals surface area contributed by atoms with E-state index in [0.717, 1.165) is 43.1 Å². The third kappa shape index (κ3) is 3.25. The first kappa shape index (κ1) is 14.3. The van der Waals surface area contributed by atoms with E-state index in [9.17, 15) is 5.11 Å².